The maximum Gasteiger partial charge on any atom is 0.115 e. The van der Waals surface area contributed by atoms with E-state index in [2.05, 4.69) is 16.8 Å². The molecule has 2 rings (SSSR count). The molecule has 0 aliphatic carbocycles. The highest BCUT2D eigenvalue weighted by atomic mass is 32.1. The van der Waals surface area contributed by atoms with Crippen molar-refractivity contribution in [3.05, 3.63) is 16.1 Å². The third kappa shape index (κ3) is 2.99. The lowest BCUT2D eigenvalue weighted by Gasteiger charge is -2.29. The first-order valence-corrected chi connectivity index (χ1v) is 6.84. The minimum atomic E-state index is 0.454. The fraction of sp³-hybridized carbons (Fsp3) is 0.636. The molecule has 0 spiro atoms. The van der Waals surface area contributed by atoms with Gasteiger partial charge in [-0.05, 0) is 25.3 Å². The fourth-order valence-corrected chi connectivity index (χ4v) is 3.11. The molecular weight excluding hydrogens is 238 g/mol. The fourth-order valence-electron chi connectivity index (χ4n) is 2.12. The van der Waals surface area contributed by atoms with Crippen molar-refractivity contribution in [3.8, 4) is 0 Å². The van der Waals surface area contributed by atoms with Gasteiger partial charge < -0.3 is 5.73 Å². The summed E-state index contributed by atoms with van der Waals surface area (Å²) >= 11 is 6.55. The van der Waals surface area contributed by atoms with Crippen LogP contribution in [0.3, 0.4) is 0 Å². The number of piperidine rings is 1. The summed E-state index contributed by atoms with van der Waals surface area (Å²) in [6.07, 6.45) is 4.44. The zero-order chi connectivity index (χ0) is 11.5. The second-order valence-corrected chi connectivity index (χ2v) is 6.02. The average Bonchev–Trinajstić information content (AvgIpc) is 2.66. The average molecular weight is 255 g/mol. The standard InChI is InChI=1S/C11H17N3S2/c1-8-3-2-4-14(6-8)7-10-13-5-9(16-10)11(12)15/h5,8H,2-4,6-7H2,1H3,(H2,12,15). The lowest BCUT2D eigenvalue weighted by molar-refractivity contribution is 0.176. The second-order valence-electron chi connectivity index (χ2n) is 4.47. The van der Waals surface area contributed by atoms with Crippen LogP contribution in [0.15, 0.2) is 6.20 Å². The molecule has 2 heterocycles. The third-order valence-corrected chi connectivity index (χ3v) is 4.26. The van der Waals surface area contributed by atoms with E-state index in [0.717, 1.165) is 22.3 Å². The second kappa shape index (κ2) is 5.21. The maximum atomic E-state index is 5.57. The van der Waals surface area contributed by atoms with E-state index in [0.29, 0.717) is 4.99 Å². The van der Waals surface area contributed by atoms with Gasteiger partial charge in [0, 0.05) is 12.7 Å². The van der Waals surface area contributed by atoms with E-state index < -0.39 is 0 Å². The Labute approximate surface area is 106 Å². The summed E-state index contributed by atoms with van der Waals surface area (Å²) in [6, 6.07) is 0. The Bertz CT molecular complexity index is 375. The van der Waals surface area contributed by atoms with Crippen LogP contribution in [0.25, 0.3) is 0 Å². The highest BCUT2D eigenvalue weighted by Gasteiger charge is 2.17. The molecule has 1 aliphatic rings. The van der Waals surface area contributed by atoms with E-state index in [1.807, 2.05) is 0 Å². The summed E-state index contributed by atoms with van der Waals surface area (Å²) in [7, 11) is 0. The van der Waals surface area contributed by atoms with Gasteiger partial charge in [-0.2, -0.15) is 0 Å². The zero-order valence-corrected chi connectivity index (χ0v) is 11.1. The lowest BCUT2D eigenvalue weighted by atomic mass is 10.0. The van der Waals surface area contributed by atoms with Gasteiger partial charge >= 0.3 is 0 Å². The van der Waals surface area contributed by atoms with Crippen molar-refractivity contribution < 1.29 is 0 Å². The minimum absolute atomic E-state index is 0.454. The molecule has 1 unspecified atom stereocenters. The molecule has 16 heavy (non-hydrogen) atoms. The molecule has 88 valence electrons. The van der Waals surface area contributed by atoms with Crippen LogP contribution in [0.1, 0.15) is 29.7 Å². The van der Waals surface area contributed by atoms with E-state index >= 15 is 0 Å². The predicted octanol–water partition coefficient (Wildman–Crippen LogP) is 2.01. The SMILES string of the molecule is CC1CCCN(Cc2ncc(C(N)=S)s2)C1. The molecule has 0 bridgehead atoms. The Kier molecular flexibility index (Phi) is 3.89. The van der Waals surface area contributed by atoms with Gasteiger partial charge in [-0.3, -0.25) is 4.90 Å². The number of thiazole rings is 1. The Morgan fingerprint density at radius 1 is 1.75 bits per heavy atom. The first-order valence-electron chi connectivity index (χ1n) is 5.62. The number of nitrogens with two attached hydrogens (primary N) is 1. The van der Waals surface area contributed by atoms with Crippen molar-refractivity contribution in [2.24, 2.45) is 11.7 Å². The van der Waals surface area contributed by atoms with Crippen LogP contribution >= 0.6 is 23.6 Å². The highest BCUT2D eigenvalue weighted by molar-refractivity contribution is 7.81. The summed E-state index contributed by atoms with van der Waals surface area (Å²) in [6.45, 7) is 5.63. The van der Waals surface area contributed by atoms with E-state index in [1.165, 1.54) is 25.9 Å². The minimum Gasteiger partial charge on any atom is -0.389 e. The molecule has 5 heteroatoms. The van der Waals surface area contributed by atoms with Crippen LogP contribution in [0.5, 0.6) is 0 Å². The summed E-state index contributed by atoms with van der Waals surface area (Å²) in [5.74, 6) is 0.809. The van der Waals surface area contributed by atoms with E-state index in [4.69, 9.17) is 18.0 Å². The number of thiocarbonyl (C=S) groups is 1. The van der Waals surface area contributed by atoms with Gasteiger partial charge in [0.1, 0.15) is 10.00 Å². The lowest BCUT2D eigenvalue weighted by Crippen LogP contribution is -2.33. The Morgan fingerprint density at radius 2 is 2.56 bits per heavy atom. The van der Waals surface area contributed by atoms with Gasteiger partial charge in [0.15, 0.2) is 0 Å². The topological polar surface area (TPSA) is 42.2 Å². The summed E-state index contributed by atoms with van der Waals surface area (Å²) in [5.41, 5.74) is 5.57. The molecule has 1 aromatic heterocycles. The number of hydrogen-bond donors (Lipinski definition) is 1. The molecule has 0 saturated carbocycles. The van der Waals surface area contributed by atoms with Crippen LogP contribution in [0, 0.1) is 5.92 Å². The molecule has 2 N–H and O–H groups in total. The number of rotatable bonds is 3. The number of aromatic nitrogens is 1. The Hall–Kier alpha value is -0.520. The van der Waals surface area contributed by atoms with Crippen LogP contribution in [0.2, 0.25) is 0 Å². The van der Waals surface area contributed by atoms with Crippen LogP contribution in [0.4, 0.5) is 0 Å². The Morgan fingerprint density at radius 3 is 3.19 bits per heavy atom. The van der Waals surface area contributed by atoms with Crippen LogP contribution in [-0.2, 0) is 6.54 Å². The number of hydrogen-bond acceptors (Lipinski definition) is 4. The predicted molar refractivity (Wildman–Crippen MR) is 71.7 cm³/mol. The van der Waals surface area contributed by atoms with Crippen molar-refractivity contribution in [3.63, 3.8) is 0 Å². The summed E-state index contributed by atoms with van der Waals surface area (Å²) < 4.78 is 0. The quantitative estimate of drug-likeness (QED) is 0.839. The van der Waals surface area contributed by atoms with Crippen LogP contribution in [-0.4, -0.2) is 28.0 Å². The highest BCUT2D eigenvalue weighted by Crippen LogP contribution is 2.20. The Balaban J connectivity index is 1.95. The maximum absolute atomic E-state index is 5.57. The first kappa shape index (κ1) is 12.0. The van der Waals surface area contributed by atoms with E-state index in [1.54, 1.807) is 17.5 Å². The molecule has 1 saturated heterocycles. The van der Waals surface area contributed by atoms with E-state index in [9.17, 15) is 0 Å². The monoisotopic (exact) mass is 255 g/mol. The summed E-state index contributed by atoms with van der Waals surface area (Å²) in [5, 5.41) is 1.12. The van der Waals surface area contributed by atoms with Gasteiger partial charge in [0.2, 0.25) is 0 Å². The molecule has 1 fully saturated rings. The van der Waals surface area contributed by atoms with Gasteiger partial charge in [-0.1, -0.05) is 19.1 Å². The first-order chi connectivity index (χ1) is 7.65. The molecule has 0 aromatic carbocycles. The molecular formula is C11H17N3S2. The van der Waals surface area contributed by atoms with Gasteiger partial charge in [-0.25, -0.2) is 4.98 Å². The molecule has 1 aromatic rings. The molecule has 0 amide bonds. The molecule has 0 radical (unpaired) electrons. The zero-order valence-electron chi connectivity index (χ0n) is 9.48. The van der Waals surface area contributed by atoms with Crippen LogP contribution < -0.4 is 5.73 Å². The normalized spacial score (nSPS) is 22.2. The van der Waals surface area contributed by atoms with Gasteiger partial charge in [0.25, 0.3) is 0 Å². The molecule has 1 atom stereocenters. The van der Waals surface area contributed by atoms with Gasteiger partial charge in [0.05, 0.1) is 11.4 Å². The summed E-state index contributed by atoms with van der Waals surface area (Å²) in [4.78, 5) is 8.21. The van der Waals surface area contributed by atoms with E-state index in [-0.39, 0.29) is 0 Å². The van der Waals surface area contributed by atoms with Crippen molar-refractivity contribution in [1.82, 2.24) is 9.88 Å². The van der Waals surface area contributed by atoms with Crippen molar-refractivity contribution in [2.45, 2.75) is 26.3 Å². The smallest absolute Gasteiger partial charge is 0.115 e. The van der Waals surface area contributed by atoms with Crippen molar-refractivity contribution in [1.29, 1.82) is 0 Å². The number of likely N-dealkylation sites (tertiary alicyclic amines) is 1. The largest absolute Gasteiger partial charge is 0.389 e. The van der Waals surface area contributed by atoms with Crippen molar-refractivity contribution in [2.75, 3.05) is 13.1 Å². The molecule has 3 nitrogen and oxygen atoms in total. The third-order valence-electron chi connectivity index (χ3n) is 2.90. The van der Waals surface area contributed by atoms with Gasteiger partial charge in [-0.15, -0.1) is 11.3 Å². The number of nitrogens with zero attached hydrogens (tertiary/aromatic N) is 2. The molecule has 1 aliphatic heterocycles. The van der Waals surface area contributed by atoms with Crippen molar-refractivity contribution >= 4 is 28.5 Å².